The Morgan fingerprint density at radius 2 is 2.11 bits per heavy atom. The minimum Gasteiger partial charge on any atom is -0.469 e. The predicted molar refractivity (Wildman–Crippen MR) is 63.9 cm³/mol. The highest BCUT2D eigenvalue weighted by molar-refractivity contribution is 5.69. The summed E-state index contributed by atoms with van der Waals surface area (Å²) in [4.78, 5) is 12.7. The van der Waals surface area contributed by atoms with Crippen LogP contribution in [0.15, 0.2) is 18.2 Å². The van der Waals surface area contributed by atoms with Crippen LogP contribution in [0, 0.1) is 11.6 Å². The lowest BCUT2D eigenvalue weighted by atomic mass is 10.2. The van der Waals surface area contributed by atoms with Crippen LogP contribution in [0.1, 0.15) is 18.4 Å². The molecule has 0 aromatic heterocycles. The summed E-state index contributed by atoms with van der Waals surface area (Å²) in [6, 6.07) is 3.40. The lowest BCUT2D eigenvalue weighted by molar-refractivity contribution is -0.140. The zero-order chi connectivity index (χ0) is 13.5. The van der Waals surface area contributed by atoms with Crippen LogP contribution in [-0.2, 0) is 16.1 Å². The second kappa shape index (κ2) is 7.06. The van der Waals surface area contributed by atoms with Crippen LogP contribution in [0.5, 0.6) is 0 Å². The Bertz CT molecular complexity index is 410. The smallest absolute Gasteiger partial charge is 0.305 e. The summed E-state index contributed by atoms with van der Waals surface area (Å²) in [5.74, 6) is -1.13. The highest BCUT2D eigenvalue weighted by Crippen LogP contribution is 2.12. The van der Waals surface area contributed by atoms with Crippen molar-refractivity contribution in [3.05, 3.63) is 35.4 Å². The van der Waals surface area contributed by atoms with Gasteiger partial charge in [-0.1, -0.05) is 0 Å². The van der Waals surface area contributed by atoms with Crippen LogP contribution in [0.25, 0.3) is 0 Å². The van der Waals surface area contributed by atoms with E-state index in [0.29, 0.717) is 31.5 Å². The molecule has 0 aliphatic rings. The van der Waals surface area contributed by atoms with Crippen molar-refractivity contribution in [1.29, 1.82) is 0 Å². The van der Waals surface area contributed by atoms with Gasteiger partial charge < -0.3 is 9.64 Å². The van der Waals surface area contributed by atoms with Crippen molar-refractivity contribution in [2.75, 3.05) is 20.7 Å². The number of rotatable bonds is 6. The summed E-state index contributed by atoms with van der Waals surface area (Å²) in [5, 5.41) is 0. The second-order valence-electron chi connectivity index (χ2n) is 4.15. The number of carbonyl (C=O) groups excluding carboxylic acids is 1. The molecule has 0 unspecified atom stereocenters. The van der Waals surface area contributed by atoms with Gasteiger partial charge in [-0.2, -0.15) is 0 Å². The fraction of sp³-hybridized carbons (Fsp3) is 0.462. The quantitative estimate of drug-likeness (QED) is 0.733. The minimum atomic E-state index is -0.450. The highest BCUT2D eigenvalue weighted by Gasteiger charge is 2.08. The van der Waals surface area contributed by atoms with E-state index in [-0.39, 0.29) is 5.97 Å². The number of esters is 1. The average molecular weight is 257 g/mol. The molecule has 0 heterocycles. The van der Waals surface area contributed by atoms with Crippen LogP contribution in [0.2, 0.25) is 0 Å². The Balaban J connectivity index is 2.42. The van der Waals surface area contributed by atoms with Gasteiger partial charge in [0.1, 0.15) is 11.6 Å². The van der Waals surface area contributed by atoms with Crippen LogP contribution >= 0.6 is 0 Å². The van der Waals surface area contributed by atoms with Gasteiger partial charge in [-0.3, -0.25) is 4.79 Å². The Hall–Kier alpha value is -1.49. The molecule has 18 heavy (non-hydrogen) atoms. The molecule has 1 rings (SSSR count). The van der Waals surface area contributed by atoms with Crippen molar-refractivity contribution < 1.29 is 18.3 Å². The van der Waals surface area contributed by atoms with E-state index in [0.717, 1.165) is 12.1 Å². The maximum Gasteiger partial charge on any atom is 0.305 e. The molecular weight excluding hydrogens is 240 g/mol. The topological polar surface area (TPSA) is 29.5 Å². The van der Waals surface area contributed by atoms with Gasteiger partial charge in [0.25, 0.3) is 0 Å². The van der Waals surface area contributed by atoms with Gasteiger partial charge in [0, 0.05) is 18.5 Å². The summed E-state index contributed by atoms with van der Waals surface area (Å²) in [6.07, 6.45) is 0.951. The first-order valence-electron chi connectivity index (χ1n) is 5.72. The van der Waals surface area contributed by atoms with Crippen LogP contribution < -0.4 is 0 Å². The van der Waals surface area contributed by atoms with E-state index in [1.807, 2.05) is 4.90 Å². The first kappa shape index (κ1) is 14.6. The van der Waals surface area contributed by atoms with Crippen molar-refractivity contribution in [2.45, 2.75) is 19.4 Å². The van der Waals surface area contributed by atoms with E-state index in [1.165, 1.54) is 13.2 Å². The van der Waals surface area contributed by atoms with E-state index in [2.05, 4.69) is 4.74 Å². The molecule has 3 nitrogen and oxygen atoms in total. The first-order chi connectivity index (χ1) is 8.52. The maximum atomic E-state index is 13.4. The Morgan fingerprint density at radius 3 is 2.78 bits per heavy atom. The molecule has 1 aromatic carbocycles. The molecule has 0 atom stereocenters. The molecule has 0 saturated heterocycles. The van der Waals surface area contributed by atoms with Gasteiger partial charge in [-0.05, 0) is 38.2 Å². The number of halogens is 2. The van der Waals surface area contributed by atoms with Gasteiger partial charge in [-0.15, -0.1) is 0 Å². The van der Waals surface area contributed by atoms with Gasteiger partial charge in [0.15, 0.2) is 0 Å². The molecule has 0 N–H and O–H groups in total. The number of nitrogens with zero attached hydrogens (tertiary/aromatic N) is 1. The number of hydrogen-bond acceptors (Lipinski definition) is 3. The third-order valence-electron chi connectivity index (χ3n) is 2.60. The van der Waals surface area contributed by atoms with Crippen molar-refractivity contribution in [1.82, 2.24) is 4.90 Å². The van der Waals surface area contributed by atoms with Crippen LogP contribution in [0.4, 0.5) is 8.78 Å². The fourth-order valence-corrected chi connectivity index (χ4v) is 1.63. The standard InChI is InChI=1S/C13H17F2NO2/c1-16(7-3-4-13(17)18-2)9-10-8-11(14)5-6-12(10)15/h5-6,8H,3-4,7,9H2,1-2H3. The molecule has 0 radical (unpaired) electrons. The molecule has 0 aliphatic heterocycles. The molecule has 0 amide bonds. The zero-order valence-electron chi connectivity index (χ0n) is 10.6. The van der Waals surface area contributed by atoms with Crippen molar-refractivity contribution >= 4 is 5.97 Å². The van der Waals surface area contributed by atoms with Gasteiger partial charge in [-0.25, -0.2) is 8.78 Å². The fourth-order valence-electron chi connectivity index (χ4n) is 1.63. The van der Waals surface area contributed by atoms with Crippen LogP contribution in [-0.4, -0.2) is 31.6 Å². The number of methoxy groups -OCH3 is 1. The number of carbonyl (C=O) groups is 1. The van der Waals surface area contributed by atoms with Gasteiger partial charge in [0.05, 0.1) is 7.11 Å². The monoisotopic (exact) mass is 257 g/mol. The normalized spacial score (nSPS) is 10.7. The number of hydrogen-bond donors (Lipinski definition) is 0. The molecule has 100 valence electrons. The SMILES string of the molecule is COC(=O)CCCN(C)Cc1cc(F)ccc1F. The average Bonchev–Trinajstić information content (AvgIpc) is 2.33. The predicted octanol–water partition coefficient (Wildman–Crippen LogP) is 2.35. The summed E-state index contributed by atoms with van der Waals surface area (Å²) < 4.78 is 30.8. The van der Waals surface area contributed by atoms with Crippen molar-refractivity contribution in [3.8, 4) is 0 Å². The third-order valence-corrected chi connectivity index (χ3v) is 2.60. The summed E-state index contributed by atoms with van der Waals surface area (Å²) >= 11 is 0. The third kappa shape index (κ3) is 4.79. The molecular formula is C13H17F2NO2. The highest BCUT2D eigenvalue weighted by atomic mass is 19.1. The summed E-state index contributed by atoms with van der Waals surface area (Å²) in [6.45, 7) is 0.926. The Morgan fingerprint density at radius 1 is 1.39 bits per heavy atom. The zero-order valence-corrected chi connectivity index (χ0v) is 10.6. The van der Waals surface area contributed by atoms with E-state index < -0.39 is 11.6 Å². The van der Waals surface area contributed by atoms with Crippen molar-refractivity contribution in [3.63, 3.8) is 0 Å². The second-order valence-corrected chi connectivity index (χ2v) is 4.15. The molecule has 0 bridgehead atoms. The number of benzene rings is 1. The molecule has 0 saturated carbocycles. The molecule has 5 heteroatoms. The molecule has 0 fully saturated rings. The van der Waals surface area contributed by atoms with E-state index in [9.17, 15) is 13.6 Å². The van der Waals surface area contributed by atoms with Gasteiger partial charge >= 0.3 is 5.97 Å². The summed E-state index contributed by atoms with van der Waals surface area (Å²) in [5.41, 5.74) is 0.315. The number of ether oxygens (including phenoxy) is 1. The van der Waals surface area contributed by atoms with E-state index in [1.54, 1.807) is 7.05 Å². The largest absolute Gasteiger partial charge is 0.469 e. The first-order valence-corrected chi connectivity index (χ1v) is 5.72. The Labute approximate surface area is 105 Å². The molecule has 0 aliphatic carbocycles. The van der Waals surface area contributed by atoms with Crippen molar-refractivity contribution in [2.24, 2.45) is 0 Å². The van der Waals surface area contributed by atoms with E-state index >= 15 is 0 Å². The Kier molecular flexibility index (Phi) is 5.71. The lowest BCUT2D eigenvalue weighted by Crippen LogP contribution is -2.20. The molecule has 1 aromatic rings. The minimum absolute atomic E-state index is 0.264. The van der Waals surface area contributed by atoms with Gasteiger partial charge in [0.2, 0.25) is 0 Å². The maximum absolute atomic E-state index is 13.4. The lowest BCUT2D eigenvalue weighted by Gasteiger charge is -2.16. The summed E-state index contributed by atoms with van der Waals surface area (Å²) in [7, 11) is 3.13. The van der Waals surface area contributed by atoms with E-state index in [4.69, 9.17) is 0 Å². The molecule has 0 spiro atoms. The van der Waals surface area contributed by atoms with Crippen LogP contribution in [0.3, 0.4) is 0 Å².